The van der Waals surface area contributed by atoms with Crippen molar-refractivity contribution in [3.8, 4) is 5.69 Å². The van der Waals surface area contributed by atoms with Crippen LogP contribution in [0.5, 0.6) is 0 Å². The van der Waals surface area contributed by atoms with Crippen molar-refractivity contribution < 1.29 is 9.90 Å². The van der Waals surface area contributed by atoms with Gasteiger partial charge in [-0.1, -0.05) is 30.2 Å². The highest BCUT2D eigenvalue weighted by Gasteiger charge is 2.26. The zero-order valence-corrected chi connectivity index (χ0v) is 13.1. The summed E-state index contributed by atoms with van der Waals surface area (Å²) in [5.74, 6) is -1.11. The van der Waals surface area contributed by atoms with Crippen LogP contribution in [0.25, 0.3) is 16.6 Å². The van der Waals surface area contributed by atoms with Gasteiger partial charge < -0.3 is 14.5 Å². The zero-order valence-electron chi connectivity index (χ0n) is 12.3. The number of carboxylic acids is 1. The topological polar surface area (TPSA) is 91.6 Å². The minimum Gasteiger partial charge on any atom is -0.549 e. The molecule has 0 amide bonds. The highest BCUT2D eigenvalue weighted by molar-refractivity contribution is 7.71. The van der Waals surface area contributed by atoms with Gasteiger partial charge in [-0.2, -0.15) is 5.21 Å². The van der Waals surface area contributed by atoms with Gasteiger partial charge in [0, 0.05) is 24.0 Å². The van der Waals surface area contributed by atoms with Crippen molar-refractivity contribution in [2.75, 3.05) is 0 Å². The van der Waals surface area contributed by atoms with Crippen LogP contribution >= 0.6 is 12.2 Å². The van der Waals surface area contributed by atoms with Gasteiger partial charge in [-0.15, -0.1) is 0 Å². The molecule has 0 radical (unpaired) electrons. The van der Waals surface area contributed by atoms with Gasteiger partial charge >= 0.3 is 0 Å². The summed E-state index contributed by atoms with van der Waals surface area (Å²) >= 11 is 5.09. The average Bonchev–Trinajstić information content (AvgIpc) is 3.03. The summed E-state index contributed by atoms with van der Waals surface area (Å²) in [5.41, 5.74) is 1.30. The van der Waals surface area contributed by atoms with Crippen LogP contribution in [0, 0.1) is 4.77 Å². The minimum atomic E-state index is -1.11. The van der Waals surface area contributed by atoms with Crippen LogP contribution in [0.4, 0.5) is 0 Å². The molecule has 0 unspecified atom stereocenters. The minimum absolute atomic E-state index is 0.323. The van der Waals surface area contributed by atoms with Gasteiger partial charge in [0.15, 0.2) is 0 Å². The van der Waals surface area contributed by atoms with Crippen LogP contribution in [0.2, 0.25) is 0 Å². The van der Waals surface area contributed by atoms with E-state index >= 15 is 0 Å². The Bertz CT molecular complexity index is 934. The van der Waals surface area contributed by atoms with E-state index in [4.69, 9.17) is 12.2 Å². The van der Waals surface area contributed by atoms with Gasteiger partial charge in [-0.25, -0.2) is 4.68 Å². The zero-order chi connectivity index (χ0) is 16.1. The molecule has 8 heteroatoms. The smallest absolute Gasteiger partial charge is 0.242 e. The second-order valence-corrected chi connectivity index (χ2v) is 6.05. The Morgan fingerprint density at radius 2 is 2.14 bits per heavy atom. The highest BCUT2D eigenvalue weighted by Crippen LogP contribution is 2.32. The maximum Gasteiger partial charge on any atom is 0.242 e. The molecule has 0 aliphatic rings. The molecule has 0 saturated carbocycles. The lowest BCUT2D eigenvalue weighted by molar-refractivity contribution is -0.312. The number of carbonyl (C=O) groups is 1. The average molecular weight is 316 g/mol. The number of tetrazole rings is 1. The molecule has 3 rings (SSSR count). The van der Waals surface area contributed by atoms with Crippen LogP contribution < -0.4 is 5.11 Å². The number of aryl methyl sites for hydroxylation is 1. The van der Waals surface area contributed by atoms with Gasteiger partial charge in [-0.05, 0) is 29.9 Å². The van der Waals surface area contributed by atoms with Crippen molar-refractivity contribution in [3.63, 3.8) is 0 Å². The number of hydrogen-bond acceptors (Lipinski definition) is 5. The quantitative estimate of drug-likeness (QED) is 0.723. The molecule has 2 heterocycles. The first kappa shape index (κ1) is 14.5. The number of aromatic nitrogens is 5. The van der Waals surface area contributed by atoms with E-state index in [2.05, 4.69) is 15.5 Å². The summed E-state index contributed by atoms with van der Waals surface area (Å²) in [6, 6.07) is 5.61. The Morgan fingerprint density at radius 1 is 1.41 bits per heavy atom. The normalized spacial score (nSPS) is 12.0. The maximum atomic E-state index is 11.4. The largest absolute Gasteiger partial charge is 0.549 e. The van der Waals surface area contributed by atoms with Gasteiger partial charge in [0.05, 0.1) is 17.2 Å². The second kappa shape index (κ2) is 4.77. The SMILES string of the molecule is Cn1cc(C(C)(C)C(=O)[O-])c2ccc(-n3[nH]nnc3=S)cc21. The third-order valence-corrected chi connectivity index (χ3v) is 4.15. The first-order valence-electron chi connectivity index (χ1n) is 6.64. The summed E-state index contributed by atoms with van der Waals surface area (Å²) in [4.78, 5) is 11.4. The number of hydrogen-bond donors (Lipinski definition) is 1. The third-order valence-electron chi connectivity index (χ3n) is 3.89. The number of aromatic amines is 1. The number of nitrogens with zero attached hydrogens (tertiary/aromatic N) is 4. The van der Waals surface area contributed by atoms with Crippen LogP contribution in [-0.4, -0.2) is 30.7 Å². The lowest BCUT2D eigenvalue weighted by Gasteiger charge is -2.25. The Morgan fingerprint density at radius 3 is 2.73 bits per heavy atom. The number of rotatable bonds is 3. The molecule has 2 aromatic heterocycles. The van der Waals surface area contributed by atoms with Crippen molar-refractivity contribution in [1.82, 2.24) is 24.8 Å². The number of H-pyrrole nitrogens is 1. The van der Waals surface area contributed by atoms with Crippen molar-refractivity contribution in [2.24, 2.45) is 7.05 Å². The Labute approximate surface area is 131 Å². The van der Waals surface area contributed by atoms with Crippen molar-refractivity contribution >= 4 is 29.1 Å². The first-order valence-corrected chi connectivity index (χ1v) is 7.04. The number of carbonyl (C=O) groups excluding carboxylic acids is 1. The summed E-state index contributed by atoms with van der Waals surface area (Å²) in [6.45, 7) is 3.28. The molecule has 7 nitrogen and oxygen atoms in total. The van der Waals surface area contributed by atoms with Crippen LogP contribution in [0.1, 0.15) is 19.4 Å². The molecular weight excluding hydrogens is 302 g/mol. The predicted octanol–water partition coefficient (Wildman–Crippen LogP) is 0.844. The molecule has 0 aliphatic carbocycles. The Balaban J connectivity index is 2.24. The van der Waals surface area contributed by atoms with E-state index in [-0.39, 0.29) is 0 Å². The van der Waals surface area contributed by atoms with Gasteiger partial charge in [0.2, 0.25) is 4.77 Å². The number of benzene rings is 1. The van der Waals surface area contributed by atoms with E-state index in [1.54, 1.807) is 18.5 Å². The second-order valence-electron chi connectivity index (χ2n) is 5.69. The molecular formula is C14H14N5O2S-. The first-order chi connectivity index (χ1) is 10.3. The molecule has 0 spiro atoms. The Kier molecular flexibility index (Phi) is 3.13. The predicted molar refractivity (Wildman–Crippen MR) is 81.1 cm³/mol. The Hall–Kier alpha value is -2.48. The number of aliphatic carboxylic acids is 1. The number of carboxylic acid groups (broad SMARTS) is 1. The number of nitrogens with one attached hydrogen (secondary N) is 1. The molecule has 0 bridgehead atoms. The molecule has 0 fully saturated rings. The lowest BCUT2D eigenvalue weighted by Crippen LogP contribution is -2.41. The van der Waals surface area contributed by atoms with Crippen molar-refractivity contribution in [2.45, 2.75) is 19.3 Å². The lowest BCUT2D eigenvalue weighted by atomic mass is 9.84. The summed E-state index contributed by atoms with van der Waals surface area (Å²) < 4.78 is 3.78. The molecule has 1 aromatic carbocycles. The van der Waals surface area contributed by atoms with Gasteiger partial charge in [0.1, 0.15) is 0 Å². The molecule has 22 heavy (non-hydrogen) atoms. The molecule has 1 N–H and O–H groups in total. The van der Waals surface area contributed by atoms with E-state index in [9.17, 15) is 9.90 Å². The third kappa shape index (κ3) is 2.03. The van der Waals surface area contributed by atoms with Crippen molar-refractivity contribution in [3.05, 3.63) is 34.7 Å². The molecule has 3 aromatic rings. The van der Waals surface area contributed by atoms with E-state index in [0.717, 1.165) is 16.6 Å². The van der Waals surface area contributed by atoms with Crippen molar-refractivity contribution in [1.29, 1.82) is 0 Å². The summed E-state index contributed by atoms with van der Waals surface area (Å²) in [7, 11) is 1.87. The maximum absolute atomic E-state index is 11.4. The fourth-order valence-corrected chi connectivity index (χ4v) is 2.67. The molecule has 114 valence electrons. The van der Waals surface area contributed by atoms with Crippen LogP contribution in [-0.2, 0) is 17.3 Å². The molecule has 0 aliphatic heterocycles. The summed E-state index contributed by atoms with van der Waals surface area (Å²) in [6.07, 6.45) is 1.81. The summed E-state index contributed by atoms with van der Waals surface area (Å²) in [5, 5.41) is 22.4. The molecule has 0 saturated heterocycles. The molecule has 0 atom stereocenters. The fourth-order valence-electron chi connectivity index (χ4n) is 2.48. The van der Waals surface area contributed by atoms with Gasteiger partial charge in [-0.3, -0.25) is 0 Å². The van der Waals surface area contributed by atoms with Crippen LogP contribution in [0.15, 0.2) is 24.4 Å². The fraction of sp³-hybridized carbons (Fsp3) is 0.286. The number of fused-ring (bicyclic) bond motifs is 1. The van der Waals surface area contributed by atoms with E-state index < -0.39 is 11.4 Å². The van der Waals surface area contributed by atoms with Crippen LogP contribution in [0.3, 0.4) is 0 Å². The van der Waals surface area contributed by atoms with Gasteiger partial charge in [0.25, 0.3) is 0 Å². The monoisotopic (exact) mass is 316 g/mol. The van der Waals surface area contributed by atoms with E-state index in [0.29, 0.717) is 10.3 Å². The standard InChI is InChI=1S/C14H15N5O2S/c1-14(2,12(20)21)10-7-18(3)11-6-8(4-5-9(10)11)19-13(22)15-16-17-19/h4-7H,1-3H3,(H,20,21)(H,15,17,22)/p-1. The van der Waals surface area contributed by atoms with E-state index in [1.807, 2.05) is 36.0 Å². The van der Waals surface area contributed by atoms with E-state index in [1.165, 1.54) is 0 Å². The highest BCUT2D eigenvalue weighted by atomic mass is 32.1.